The Morgan fingerprint density at radius 1 is 1.14 bits per heavy atom. The molecular formula is C26H33N7O4. The number of imidazole rings is 1. The molecule has 2 atom stereocenters. The summed E-state index contributed by atoms with van der Waals surface area (Å²) in [6.07, 6.45) is 5.30. The van der Waals surface area contributed by atoms with Crippen molar-refractivity contribution in [3.63, 3.8) is 0 Å². The molecule has 0 radical (unpaired) electrons. The average molecular weight is 508 g/mol. The summed E-state index contributed by atoms with van der Waals surface area (Å²) in [6.45, 7) is 6.92. The molecule has 2 aromatic heterocycles. The maximum Gasteiger partial charge on any atom is 0.237 e. The zero-order valence-electron chi connectivity index (χ0n) is 21.8. The number of ether oxygens (including phenoxy) is 2. The topological polar surface area (TPSA) is 115 Å². The number of aryl methyl sites for hydroxylation is 1. The van der Waals surface area contributed by atoms with Gasteiger partial charge in [0.25, 0.3) is 0 Å². The minimum atomic E-state index is -0.250. The van der Waals surface area contributed by atoms with Crippen molar-refractivity contribution < 1.29 is 19.1 Å². The fraction of sp³-hybridized carbons (Fsp3) is 0.423. The molecule has 0 spiro atoms. The molecule has 37 heavy (non-hydrogen) atoms. The fourth-order valence-electron chi connectivity index (χ4n) is 4.51. The molecule has 11 nitrogen and oxygen atoms in total. The third kappa shape index (κ3) is 5.99. The number of methoxy groups -OCH3 is 2. The van der Waals surface area contributed by atoms with Gasteiger partial charge in [0.2, 0.25) is 17.8 Å². The number of aromatic nitrogens is 4. The summed E-state index contributed by atoms with van der Waals surface area (Å²) < 4.78 is 12.5. The van der Waals surface area contributed by atoms with Crippen LogP contribution in [0.3, 0.4) is 0 Å². The van der Waals surface area contributed by atoms with Crippen LogP contribution < -0.4 is 19.7 Å². The van der Waals surface area contributed by atoms with E-state index < -0.39 is 0 Å². The number of nitrogens with zero attached hydrogens (tertiary/aromatic N) is 6. The molecule has 3 aromatic rings. The van der Waals surface area contributed by atoms with Crippen molar-refractivity contribution in [3.8, 4) is 17.4 Å². The number of amides is 2. The Balaban J connectivity index is 1.53. The Bertz CT molecular complexity index is 1250. The predicted octanol–water partition coefficient (Wildman–Crippen LogP) is 2.29. The number of nitrogens with one attached hydrogen (secondary N) is 1. The van der Waals surface area contributed by atoms with Crippen LogP contribution in [-0.4, -0.2) is 76.1 Å². The highest BCUT2D eigenvalue weighted by atomic mass is 16.5. The molecule has 196 valence electrons. The van der Waals surface area contributed by atoms with Gasteiger partial charge in [-0.25, -0.2) is 9.97 Å². The van der Waals surface area contributed by atoms with E-state index in [0.29, 0.717) is 42.9 Å². The lowest BCUT2D eigenvalue weighted by atomic mass is 10.0. The number of carbonyl (C=O) groups excluding carboxylic acids is 2. The van der Waals surface area contributed by atoms with E-state index >= 15 is 0 Å². The van der Waals surface area contributed by atoms with Gasteiger partial charge >= 0.3 is 0 Å². The number of carbonyl (C=O) groups is 2. The summed E-state index contributed by atoms with van der Waals surface area (Å²) in [5, 5.41) is 3.08. The molecule has 2 unspecified atom stereocenters. The van der Waals surface area contributed by atoms with Crippen LogP contribution in [-0.2, 0) is 9.59 Å². The highest BCUT2D eigenvalue weighted by Gasteiger charge is 2.31. The summed E-state index contributed by atoms with van der Waals surface area (Å²) in [4.78, 5) is 42.6. The molecule has 4 rings (SSSR count). The van der Waals surface area contributed by atoms with Gasteiger partial charge in [-0.05, 0) is 31.5 Å². The normalized spacial score (nSPS) is 16.3. The average Bonchev–Trinajstić information content (AvgIpc) is 3.43. The summed E-state index contributed by atoms with van der Waals surface area (Å²) in [5.41, 5.74) is 1.70. The first-order chi connectivity index (χ1) is 17.8. The van der Waals surface area contributed by atoms with Crippen molar-refractivity contribution in [2.45, 2.75) is 39.3 Å². The van der Waals surface area contributed by atoms with Gasteiger partial charge in [0.15, 0.2) is 11.5 Å². The second-order valence-electron chi connectivity index (χ2n) is 9.06. The zero-order chi connectivity index (χ0) is 26.5. The smallest absolute Gasteiger partial charge is 0.237 e. The highest BCUT2D eigenvalue weighted by molar-refractivity contribution is 5.78. The summed E-state index contributed by atoms with van der Waals surface area (Å²) in [5.74, 6) is 2.31. The minimum absolute atomic E-state index is 0.0123. The van der Waals surface area contributed by atoms with Crippen molar-refractivity contribution in [3.05, 3.63) is 54.2 Å². The lowest BCUT2D eigenvalue weighted by Crippen LogP contribution is -2.56. The number of rotatable bonds is 8. The van der Waals surface area contributed by atoms with Gasteiger partial charge in [0, 0.05) is 57.1 Å². The van der Waals surface area contributed by atoms with E-state index in [9.17, 15) is 9.59 Å². The molecule has 1 aliphatic rings. The number of piperazine rings is 1. The Morgan fingerprint density at radius 2 is 1.92 bits per heavy atom. The van der Waals surface area contributed by atoms with Crippen LogP contribution in [0.15, 0.2) is 43.0 Å². The molecule has 1 fully saturated rings. The van der Waals surface area contributed by atoms with E-state index in [1.165, 1.54) is 0 Å². The molecule has 1 aromatic carbocycles. The van der Waals surface area contributed by atoms with Gasteiger partial charge in [-0.15, -0.1) is 0 Å². The maximum absolute atomic E-state index is 13.2. The molecule has 1 aliphatic heterocycles. The lowest BCUT2D eigenvalue weighted by molar-refractivity contribution is -0.130. The van der Waals surface area contributed by atoms with Crippen molar-refractivity contribution in [1.29, 1.82) is 0 Å². The van der Waals surface area contributed by atoms with Gasteiger partial charge < -0.3 is 24.6 Å². The van der Waals surface area contributed by atoms with Crippen molar-refractivity contribution >= 4 is 17.6 Å². The first kappa shape index (κ1) is 25.9. The molecule has 1 N–H and O–H groups in total. The fourth-order valence-corrected chi connectivity index (χ4v) is 4.51. The summed E-state index contributed by atoms with van der Waals surface area (Å²) in [6, 6.07) is 6.98. The van der Waals surface area contributed by atoms with E-state index in [4.69, 9.17) is 14.5 Å². The van der Waals surface area contributed by atoms with E-state index in [0.717, 1.165) is 11.3 Å². The van der Waals surface area contributed by atoms with E-state index in [1.807, 2.05) is 38.1 Å². The van der Waals surface area contributed by atoms with Crippen LogP contribution in [0.25, 0.3) is 5.95 Å². The van der Waals surface area contributed by atoms with Crippen LogP contribution in [0, 0.1) is 6.92 Å². The minimum Gasteiger partial charge on any atom is -0.493 e. The Hall–Kier alpha value is -4.15. The molecule has 1 saturated heterocycles. The molecule has 0 aliphatic carbocycles. The van der Waals surface area contributed by atoms with Crippen molar-refractivity contribution in [2.75, 3.05) is 38.8 Å². The standard InChI is InChI=1S/C26H33N7O4/c1-17-12-24(30-26(28-17)32-9-8-27-16-32)33-11-10-31(19(3)34)15-21(33)14-25(35)29-18(2)20-6-7-22(36-4)23(13-20)37-5/h6-9,12-13,16,18,21H,10-11,14-15H2,1-5H3,(H,29,35). The Labute approximate surface area is 216 Å². The van der Waals surface area contributed by atoms with E-state index in [-0.39, 0.29) is 30.3 Å². The number of benzene rings is 1. The number of hydrogen-bond acceptors (Lipinski definition) is 8. The van der Waals surface area contributed by atoms with Gasteiger partial charge in [-0.1, -0.05) is 6.07 Å². The predicted molar refractivity (Wildman–Crippen MR) is 138 cm³/mol. The van der Waals surface area contributed by atoms with Crippen LogP contribution in [0.4, 0.5) is 5.82 Å². The molecule has 0 saturated carbocycles. The first-order valence-corrected chi connectivity index (χ1v) is 12.2. The monoisotopic (exact) mass is 507 g/mol. The quantitative estimate of drug-likeness (QED) is 0.494. The first-order valence-electron chi connectivity index (χ1n) is 12.2. The second-order valence-corrected chi connectivity index (χ2v) is 9.06. The van der Waals surface area contributed by atoms with E-state index in [2.05, 4.69) is 20.2 Å². The van der Waals surface area contributed by atoms with Crippen LogP contribution in [0.1, 0.15) is 37.6 Å². The SMILES string of the molecule is COc1ccc(C(C)NC(=O)CC2CN(C(C)=O)CCN2c2cc(C)nc(-n3ccnc3)n2)cc1OC. The van der Waals surface area contributed by atoms with Gasteiger partial charge in [-0.3, -0.25) is 14.2 Å². The van der Waals surface area contributed by atoms with Gasteiger partial charge in [-0.2, -0.15) is 4.98 Å². The largest absolute Gasteiger partial charge is 0.493 e. The molecule has 3 heterocycles. The van der Waals surface area contributed by atoms with Gasteiger partial charge in [0.1, 0.15) is 12.1 Å². The van der Waals surface area contributed by atoms with Gasteiger partial charge in [0.05, 0.1) is 26.3 Å². The second kappa shape index (κ2) is 11.3. The molecule has 11 heteroatoms. The highest BCUT2D eigenvalue weighted by Crippen LogP contribution is 2.30. The molecule has 0 bridgehead atoms. The van der Waals surface area contributed by atoms with Crippen LogP contribution in [0.2, 0.25) is 0 Å². The zero-order valence-corrected chi connectivity index (χ0v) is 21.8. The molecule has 2 amide bonds. The Morgan fingerprint density at radius 3 is 2.59 bits per heavy atom. The maximum atomic E-state index is 13.2. The van der Waals surface area contributed by atoms with Crippen molar-refractivity contribution in [1.82, 2.24) is 29.7 Å². The summed E-state index contributed by atoms with van der Waals surface area (Å²) >= 11 is 0. The third-order valence-corrected chi connectivity index (χ3v) is 6.49. The van der Waals surface area contributed by atoms with Crippen LogP contribution >= 0.6 is 0 Å². The Kier molecular flexibility index (Phi) is 7.90. The number of hydrogen-bond donors (Lipinski definition) is 1. The third-order valence-electron chi connectivity index (χ3n) is 6.49. The lowest BCUT2D eigenvalue weighted by Gasteiger charge is -2.41. The van der Waals surface area contributed by atoms with Crippen LogP contribution in [0.5, 0.6) is 11.5 Å². The summed E-state index contributed by atoms with van der Waals surface area (Å²) in [7, 11) is 3.16. The van der Waals surface area contributed by atoms with Crippen molar-refractivity contribution in [2.24, 2.45) is 0 Å². The number of anilines is 1. The molecular weight excluding hydrogens is 474 g/mol. The van der Waals surface area contributed by atoms with E-state index in [1.54, 1.807) is 49.3 Å².